The summed E-state index contributed by atoms with van der Waals surface area (Å²) in [5, 5.41) is 10.2. The number of hydrogen-bond acceptors (Lipinski definition) is 2. The maximum absolute atomic E-state index is 10.2. The molecule has 0 spiro atoms. The largest absolute Gasteiger partial charge is 0.388 e. The Morgan fingerprint density at radius 1 is 1.17 bits per heavy atom. The molecule has 3 fully saturated rings. The first-order chi connectivity index (χ1) is 5.78. The van der Waals surface area contributed by atoms with Crippen LogP contribution in [-0.2, 0) is 0 Å². The van der Waals surface area contributed by atoms with Crippen molar-refractivity contribution in [3.05, 3.63) is 0 Å². The van der Waals surface area contributed by atoms with Crippen molar-refractivity contribution in [2.45, 2.75) is 43.7 Å². The van der Waals surface area contributed by atoms with Gasteiger partial charge in [0.2, 0.25) is 0 Å². The second kappa shape index (κ2) is 2.24. The van der Waals surface area contributed by atoms with Crippen molar-refractivity contribution in [1.82, 2.24) is 4.90 Å². The maximum Gasteiger partial charge on any atom is 0.0814 e. The van der Waals surface area contributed by atoms with E-state index in [-0.39, 0.29) is 5.60 Å². The molecule has 0 aromatic rings. The zero-order valence-corrected chi connectivity index (χ0v) is 7.50. The number of likely N-dealkylation sites (tertiary alicyclic amines) is 1. The van der Waals surface area contributed by atoms with Gasteiger partial charge >= 0.3 is 0 Å². The Bertz CT molecular complexity index is 198. The minimum atomic E-state index is -0.275. The smallest absolute Gasteiger partial charge is 0.0814 e. The summed E-state index contributed by atoms with van der Waals surface area (Å²) in [7, 11) is 0. The Balaban J connectivity index is 1.67. The van der Waals surface area contributed by atoms with Gasteiger partial charge in [-0.3, -0.25) is 4.90 Å². The standard InChI is InChI=1S/C10H17NO/c12-10(8-1-2-8)5-6-11(7-10)9-3-4-9/h8-9,12H,1-7H2. The van der Waals surface area contributed by atoms with Crippen LogP contribution in [0.2, 0.25) is 0 Å². The number of hydrogen-bond donors (Lipinski definition) is 1. The summed E-state index contributed by atoms with van der Waals surface area (Å²) in [6.45, 7) is 2.12. The molecule has 12 heavy (non-hydrogen) atoms. The molecule has 2 heteroatoms. The van der Waals surface area contributed by atoms with Gasteiger partial charge in [-0.05, 0) is 38.0 Å². The van der Waals surface area contributed by atoms with Gasteiger partial charge in [-0.1, -0.05) is 0 Å². The van der Waals surface area contributed by atoms with Gasteiger partial charge in [0, 0.05) is 19.1 Å². The fourth-order valence-electron chi connectivity index (χ4n) is 2.55. The van der Waals surface area contributed by atoms with Crippen LogP contribution >= 0.6 is 0 Å². The third kappa shape index (κ3) is 1.09. The molecule has 3 aliphatic rings. The molecule has 1 N–H and O–H groups in total. The van der Waals surface area contributed by atoms with E-state index >= 15 is 0 Å². The molecule has 2 saturated carbocycles. The molecule has 1 unspecified atom stereocenters. The molecule has 0 radical (unpaired) electrons. The van der Waals surface area contributed by atoms with Gasteiger partial charge in [-0.2, -0.15) is 0 Å². The maximum atomic E-state index is 10.2. The normalized spacial score (nSPS) is 43.8. The van der Waals surface area contributed by atoms with Crippen molar-refractivity contribution in [2.75, 3.05) is 13.1 Å². The van der Waals surface area contributed by atoms with Crippen LogP contribution in [0.15, 0.2) is 0 Å². The van der Waals surface area contributed by atoms with Crippen LogP contribution in [0.25, 0.3) is 0 Å². The molecule has 68 valence electrons. The molecule has 0 bridgehead atoms. The van der Waals surface area contributed by atoms with Crippen molar-refractivity contribution in [3.8, 4) is 0 Å². The Labute approximate surface area is 73.6 Å². The molecule has 3 rings (SSSR count). The van der Waals surface area contributed by atoms with Crippen molar-refractivity contribution < 1.29 is 5.11 Å². The number of aliphatic hydroxyl groups is 1. The Hall–Kier alpha value is -0.0800. The van der Waals surface area contributed by atoms with Crippen LogP contribution in [-0.4, -0.2) is 34.7 Å². The topological polar surface area (TPSA) is 23.5 Å². The van der Waals surface area contributed by atoms with Crippen LogP contribution < -0.4 is 0 Å². The third-order valence-electron chi connectivity index (χ3n) is 3.71. The van der Waals surface area contributed by atoms with E-state index in [1.165, 1.54) is 25.7 Å². The zero-order valence-electron chi connectivity index (χ0n) is 7.50. The quantitative estimate of drug-likeness (QED) is 0.663. The SMILES string of the molecule is OC1(C2CC2)CCN(C2CC2)C1. The summed E-state index contributed by atoms with van der Waals surface area (Å²) in [6, 6.07) is 0.845. The molecule has 0 aromatic heterocycles. The van der Waals surface area contributed by atoms with Gasteiger partial charge in [-0.25, -0.2) is 0 Å². The van der Waals surface area contributed by atoms with Gasteiger partial charge in [0.15, 0.2) is 0 Å². The van der Waals surface area contributed by atoms with Gasteiger partial charge in [0.1, 0.15) is 0 Å². The molecule has 0 aromatic carbocycles. The Kier molecular flexibility index (Phi) is 1.37. The summed E-state index contributed by atoms with van der Waals surface area (Å²) < 4.78 is 0. The first-order valence-electron chi connectivity index (χ1n) is 5.24. The van der Waals surface area contributed by atoms with Crippen molar-refractivity contribution in [3.63, 3.8) is 0 Å². The zero-order chi connectivity index (χ0) is 8.18. The molecule has 2 aliphatic carbocycles. The van der Waals surface area contributed by atoms with Gasteiger partial charge in [-0.15, -0.1) is 0 Å². The average Bonchev–Trinajstić information content (AvgIpc) is 2.91. The summed E-state index contributed by atoms with van der Waals surface area (Å²) in [5.41, 5.74) is -0.275. The average molecular weight is 167 g/mol. The highest BCUT2D eigenvalue weighted by Crippen LogP contribution is 2.46. The van der Waals surface area contributed by atoms with E-state index in [2.05, 4.69) is 4.90 Å². The Morgan fingerprint density at radius 2 is 1.92 bits per heavy atom. The Morgan fingerprint density at radius 3 is 2.50 bits per heavy atom. The van der Waals surface area contributed by atoms with Gasteiger partial charge in [0.25, 0.3) is 0 Å². The van der Waals surface area contributed by atoms with Crippen LogP contribution in [0.1, 0.15) is 32.1 Å². The van der Waals surface area contributed by atoms with E-state index in [1.807, 2.05) is 0 Å². The van der Waals surface area contributed by atoms with E-state index in [1.54, 1.807) is 0 Å². The fourth-order valence-corrected chi connectivity index (χ4v) is 2.55. The van der Waals surface area contributed by atoms with E-state index in [4.69, 9.17) is 0 Å². The van der Waals surface area contributed by atoms with E-state index < -0.39 is 0 Å². The highest BCUT2D eigenvalue weighted by Gasteiger charge is 2.50. The first kappa shape index (κ1) is 7.34. The molecule has 1 atom stereocenters. The lowest BCUT2D eigenvalue weighted by molar-refractivity contribution is 0.0262. The molecule has 0 amide bonds. The van der Waals surface area contributed by atoms with E-state index in [0.29, 0.717) is 5.92 Å². The first-order valence-corrected chi connectivity index (χ1v) is 5.24. The van der Waals surface area contributed by atoms with Crippen LogP contribution in [0.5, 0.6) is 0 Å². The van der Waals surface area contributed by atoms with Crippen LogP contribution in [0.4, 0.5) is 0 Å². The van der Waals surface area contributed by atoms with Crippen LogP contribution in [0.3, 0.4) is 0 Å². The number of nitrogens with zero attached hydrogens (tertiary/aromatic N) is 1. The second-order valence-electron chi connectivity index (χ2n) is 4.83. The predicted octanol–water partition coefficient (Wildman–Crippen LogP) is 0.996. The number of rotatable bonds is 2. The fraction of sp³-hybridized carbons (Fsp3) is 1.00. The van der Waals surface area contributed by atoms with Crippen molar-refractivity contribution in [2.24, 2.45) is 5.92 Å². The highest BCUT2D eigenvalue weighted by atomic mass is 16.3. The molecular formula is C10H17NO. The summed E-state index contributed by atoms with van der Waals surface area (Å²) in [5.74, 6) is 0.654. The highest BCUT2D eigenvalue weighted by molar-refractivity contribution is 5.03. The van der Waals surface area contributed by atoms with Gasteiger partial charge < -0.3 is 5.11 Å². The van der Waals surface area contributed by atoms with Crippen molar-refractivity contribution >= 4 is 0 Å². The minimum Gasteiger partial charge on any atom is -0.388 e. The second-order valence-corrected chi connectivity index (χ2v) is 4.83. The minimum absolute atomic E-state index is 0.275. The lowest BCUT2D eigenvalue weighted by Crippen LogP contribution is -2.35. The lowest BCUT2D eigenvalue weighted by atomic mass is 9.97. The molecule has 1 aliphatic heterocycles. The van der Waals surface area contributed by atoms with Gasteiger partial charge in [0.05, 0.1) is 5.60 Å². The predicted molar refractivity (Wildman–Crippen MR) is 46.9 cm³/mol. The third-order valence-corrected chi connectivity index (χ3v) is 3.71. The molecule has 1 saturated heterocycles. The van der Waals surface area contributed by atoms with E-state index in [0.717, 1.165) is 25.6 Å². The summed E-state index contributed by atoms with van der Waals surface area (Å²) >= 11 is 0. The lowest BCUT2D eigenvalue weighted by Gasteiger charge is -2.22. The van der Waals surface area contributed by atoms with E-state index in [9.17, 15) is 5.11 Å². The molecular weight excluding hydrogens is 150 g/mol. The molecule has 1 heterocycles. The summed E-state index contributed by atoms with van der Waals surface area (Å²) in [6.07, 6.45) is 6.33. The van der Waals surface area contributed by atoms with Crippen LogP contribution in [0, 0.1) is 5.92 Å². The molecule has 2 nitrogen and oxygen atoms in total. The number of β-amino-alcohol motifs (C(OH)–C–C–N with tert-alkyl or cyclic N) is 1. The van der Waals surface area contributed by atoms with Crippen molar-refractivity contribution in [1.29, 1.82) is 0 Å². The summed E-state index contributed by atoms with van der Waals surface area (Å²) in [4.78, 5) is 2.50. The monoisotopic (exact) mass is 167 g/mol.